The van der Waals surface area contributed by atoms with E-state index in [0.29, 0.717) is 28.9 Å². The fraction of sp³-hybridized carbons (Fsp3) is 0.0200. The average molecular weight is 777 g/mol. The maximum Gasteiger partial charge on any atom is 0.254 e. The number of hydrogen-bond acceptors (Lipinski definition) is 7. The number of aromatic nitrogens is 8. The van der Waals surface area contributed by atoms with E-state index in [0.717, 1.165) is 82.7 Å². The van der Waals surface area contributed by atoms with Gasteiger partial charge in [-0.2, -0.15) is 5.10 Å². The van der Waals surface area contributed by atoms with E-state index in [-0.39, 0.29) is 0 Å². The van der Waals surface area contributed by atoms with Crippen LogP contribution >= 0.6 is 0 Å². The topological polar surface area (TPSA) is 97.7 Å². The zero-order chi connectivity index (χ0) is 39.7. The summed E-state index contributed by atoms with van der Waals surface area (Å²) >= 11 is 0. The highest BCUT2D eigenvalue weighted by atomic mass is 16.5. The number of rotatable bonds is 7. The summed E-state index contributed by atoms with van der Waals surface area (Å²) in [6, 6.07) is 53.3. The molecule has 60 heavy (non-hydrogen) atoms. The smallest absolute Gasteiger partial charge is 0.254 e. The first kappa shape index (κ1) is 33.7. The summed E-state index contributed by atoms with van der Waals surface area (Å²) in [6.07, 6.45) is 5.36. The molecular formula is C50H32N8O2. The van der Waals surface area contributed by atoms with Gasteiger partial charge in [-0.1, -0.05) is 48.5 Å². The molecule has 6 heterocycles. The Morgan fingerprint density at radius 3 is 1.17 bits per heavy atom. The van der Waals surface area contributed by atoms with Gasteiger partial charge >= 0.3 is 0 Å². The lowest BCUT2D eigenvalue weighted by molar-refractivity contribution is 0.484. The molecule has 0 bridgehead atoms. The van der Waals surface area contributed by atoms with Gasteiger partial charge in [-0.3, -0.25) is 13.7 Å². The van der Waals surface area contributed by atoms with E-state index in [9.17, 15) is 0 Å². The standard InChI is InChI=1S/C50H32N8O2/c1-31-30-53-50(55-54-31)58-46-28-34(59-32-16-20-38-36-10-2-4-12-42(36)56(44(38)26-32)48-14-6-8-24-51-48)18-22-40(46)41-23-19-35(29-47(41)58)60-33-17-21-39-37-11-3-5-13-43(37)57(45(39)27-33)49-15-7-9-25-52-49/h2-30H,1H3. The van der Waals surface area contributed by atoms with Gasteiger partial charge in [0.25, 0.3) is 5.95 Å². The number of benzene rings is 6. The summed E-state index contributed by atoms with van der Waals surface area (Å²) in [4.78, 5) is 14.1. The van der Waals surface area contributed by atoms with Crippen molar-refractivity contribution in [3.63, 3.8) is 0 Å². The van der Waals surface area contributed by atoms with Crippen molar-refractivity contribution < 1.29 is 9.47 Å². The SMILES string of the molecule is Cc1cnc(-n2c3cc(Oc4ccc5c6ccccc6n(-c6ccccn6)c5c4)ccc3c3ccc(Oc4ccc5c6ccccc6n(-c6ccccn6)c5c4)cc32)nn1. The molecule has 12 aromatic rings. The molecule has 0 saturated carbocycles. The highest BCUT2D eigenvalue weighted by molar-refractivity contribution is 6.11. The summed E-state index contributed by atoms with van der Waals surface area (Å²) in [5.74, 6) is 4.86. The van der Waals surface area contributed by atoms with E-state index < -0.39 is 0 Å². The number of pyridine rings is 2. The summed E-state index contributed by atoms with van der Waals surface area (Å²) in [7, 11) is 0. The van der Waals surface area contributed by atoms with Crippen LogP contribution < -0.4 is 9.47 Å². The third-order valence-electron chi connectivity index (χ3n) is 11.1. The van der Waals surface area contributed by atoms with E-state index in [1.807, 2.05) is 96.7 Å². The summed E-state index contributed by atoms with van der Waals surface area (Å²) in [5, 5.41) is 15.5. The molecule has 0 amide bonds. The number of ether oxygens (including phenoxy) is 2. The van der Waals surface area contributed by atoms with E-state index in [4.69, 9.17) is 14.5 Å². The first-order valence-electron chi connectivity index (χ1n) is 19.6. The molecule has 0 aliphatic heterocycles. The monoisotopic (exact) mass is 776 g/mol. The second-order valence-corrected chi connectivity index (χ2v) is 14.7. The predicted molar refractivity (Wildman–Crippen MR) is 236 cm³/mol. The fourth-order valence-corrected chi connectivity index (χ4v) is 8.52. The van der Waals surface area contributed by atoms with Crippen LogP contribution in [-0.4, -0.2) is 38.9 Å². The van der Waals surface area contributed by atoms with Gasteiger partial charge in [0.05, 0.1) is 45.0 Å². The molecule has 0 radical (unpaired) electrons. The second-order valence-electron chi connectivity index (χ2n) is 14.7. The molecule has 0 saturated heterocycles. The molecule has 0 aliphatic carbocycles. The van der Waals surface area contributed by atoms with Crippen molar-refractivity contribution in [1.29, 1.82) is 0 Å². The maximum atomic E-state index is 6.65. The van der Waals surface area contributed by atoms with Crippen molar-refractivity contribution in [3.05, 3.63) is 182 Å². The van der Waals surface area contributed by atoms with Gasteiger partial charge in [0.2, 0.25) is 0 Å². The second kappa shape index (κ2) is 13.4. The summed E-state index contributed by atoms with van der Waals surface area (Å²) in [5.41, 5.74) is 6.64. The van der Waals surface area contributed by atoms with Gasteiger partial charge in [-0.25, -0.2) is 15.0 Å². The first-order chi connectivity index (χ1) is 29.6. The van der Waals surface area contributed by atoms with Crippen LogP contribution in [0, 0.1) is 6.92 Å². The molecule has 10 nitrogen and oxygen atoms in total. The molecule has 0 atom stereocenters. The summed E-state index contributed by atoms with van der Waals surface area (Å²) < 4.78 is 19.7. The lowest BCUT2D eigenvalue weighted by Gasteiger charge is -2.10. The van der Waals surface area contributed by atoms with Crippen LogP contribution in [0.4, 0.5) is 0 Å². The lowest BCUT2D eigenvalue weighted by Crippen LogP contribution is -2.03. The Morgan fingerprint density at radius 1 is 0.367 bits per heavy atom. The summed E-state index contributed by atoms with van der Waals surface area (Å²) in [6.45, 7) is 1.88. The van der Waals surface area contributed by atoms with Gasteiger partial charge in [-0.05, 0) is 91.9 Å². The van der Waals surface area contributed by atoms with Crippen LogP contribution in [0.15, 0.2) is 176 Å². The highest BCUT2D eigenvalue weighted by Gasteiger charge is 2.19. The fourth-order valence-electron chi connectivity index (χ4n) is 8.52. The molecule has 0 unspecified atom stereocenters. The highest BCUT2D eigenvalue weighted by Crippen LogP contribution is 2.40. The Morgan fingerprint density at radius 2 is 0.767 bits per heavy atom. The van der Waals surface area contributed by atoms with E-state index in [2.05, 4.69) is 114 Å². The van der Waals surface area contributed by atoms with E-state index in [1.165, 1.54) is 0 Å². The zero-order valence-electron chi connectivity index (χ0n) is 32.1. The van der Waals surface area contributed by atoms with Gasteiger partial charge in [-0.15, -0.1) is 5.10 Å². The van der Waals surface area contributed by atoms with Crippen molar-refractivity contribution in [2.24, 2.45) is 0 Å². The first-order valence-corrected chi connectivity index (χ1v) is 19.6. The number of para-hydroxylation sites is 2. The van der Waals surface area contributed by atoms with Crippen LogP contribution in [-0.2, 0) is 0 Å². The van der Waals surface area contributed by atoms with Crippen molar-refractivity contribution in [3.8, 4) is 40.6 Å². The average Bonchev–Trinajstić information content (AvgIpc) is 3.92. The normalized spacial score (nSPS) is 11.8. The molecule has 12 rings (SSSR count). The Kier molecular flexibility index (Phi) is 7.51. The largest absolute Gasteiger partial charge is 0.457 e. The van der Waals surface area contributed by atoms with Gasteiger partial charge in [0.15, 0.2) is 0 Å². The van der Waals surface area contributed by atoms with Gasteiger partial charge < -0.3 is 9.47 Å². The molecule has 10 heteroatoms. The van der Waals surface area contributed by atoms with E-state index in [1.54, 1.807) is 6.20 Å². The molecule has 0 spiro atoms. The van der Waals surface area contributed by atoms with Crippen LogP contribution in [0.25, 0.3) is 83.0 Å². The van der Waals surface area contributed by atoms with Crippen molar-refractivity contribution in [2.75, 3.05) is 0 Å². The Bertz CT molecular complexity index is 3400. The Hall–Kier alpha value is -8.37. The minimum atomic E-state index is 0.442. The number of hydrogen-bond donors (Lipinski definition) is 0. The van der Waals surface area contributed by atoms with Crippen molar-refractivity contribution in [2.45, 2.75) is 6.92 Å². The third-order valence-corrected chi connectivity index (χ3v) is 11.1. The minimum absolute atomic E-state index is 0.442. The minimum Gasteiger partial charge on any atom is -0.457 e. The molecule has 6 aromatic heterocycles. The molecule has 284 valence electrons. The Balaban J connectivity index is 0.961. The number of nitrogens with zero attached hydrogens (tertiary/aromatic N) is 8. The predicted octanol–water partition coefficient (Wildman–Crippen LogP) is 11.8. The molecule has 0 aliphatic rings. The molecule has 0 fully saturated rings. The number of fused-ring (bicyclic) bond motifs is 9. The van der Waals surface area contributed by atoms with Crippen LogP contribution in [0.2, 0.25) is 0 Å². The molecule has 6 aromatic carbocycles. The van der Waals surface area contributed by atoms with Crippen LogP contribution in [0.3, 0.4) is 0 Å². The lowest BCUT2D eigenvalue weighted by atomic mass is 10.1. The van der Waals surface area contributed by atoms with E-state index >= 15 is 0 Å². The Labute approximate surface area is 342 Å². The number of aryl methyl sites for hydroxylation is 1. The van der Waals surface area contributed by atoms with Crippen LogP contribution in [0.5, 0.6) is 23.0 Å². The van der Waals surface area contributed by atoms with Gasteiger partial charge in [0.1, 0.15) is 34.6 Å². The molecule has 0 N–H and O–H groups in total. The molecular weight excluding hydrogens is 745 g/mol. The third kappa shape index (κ3) is 5.39. The zero-order valence-corrected chi connectivity index (χ0v) is 32.1. The van der Waals surface area contributed by atoms with Crippen molar-refractivity contribution >= 4 is 65.4 Å². The van der Waals surface area contributed by atoms with Crippen molar-refractivity contribution in [1.82, 2.24) is 38.9 Å². The van der Waals surface area contributed by atoms with Crippen LogP contribution in [0.1, 0.15) is 5.69 Å². The quantitative estimate of drug-likeness (QED) is 0.159. The van der Waals surface area contributed by atoms with Gasteiger partial charge in [0, 0.05) is 69.0 Å². The maximum absolute atomic E-state index is 6.65.